The van der Waals surface area contributed by atoms with Crippen LogP contribution in [0.3, 0.4) is 0 Å². The molecule has 26 heavy (non-hydrogen) atoms. The molecule has 144 valence electrons. The molecule has 0 aromatic rings. The summed E-state index contributed by atoms with van der Waals surface area (Å²) >= 11 is 0. The van der Waals surface area contributed by atoms with E-state index in [2.05, 4.69) is 0 Å². The Morgan fingerprint density at radius 2 is 0.769 bits per heavy atom. The molecule has 0 aliphatic heterocycles. The number of carboxylic acid groups (broad SMARTS) is 4. The van der Waals surface area contributed by atoms with Gasteiger partial charge in [0.1, 0.15) is 11.6 Å². The second kappa shape index (κ2) is 21.0. The number of hydrogen-bond acceptors (Lipinski definition) is 10. The maximum Gasteiger partial charge on any atom is 4.00 e. The van der Waals surface area contributed by atoms with E-state index in [1.165, 1.54) is 0 Å². The third kappa shape index (κ3) is 37.9. The van der Waals surface area contributed by atoms with Gasteiger partial charge in [-0.25, -0.2) is 0 Å². The Bertz CT molecular complexity index is 431. The van der Waals surface area contributed by atoms with Crippen LogP contribution in [-0.4, -0.2) is 35.4 Å². The van der Waals surface area contributed by atoms with Crippen molar-refractivity contribution in [1.29, 1.82) is 0 Å². The summed E-state index contributed by atoms with van der Waals surface area (Å²) in [4.78, 5) is 58.9. The van der Waals surface area contributed by atoms with E-state index in [1.54, 1.807) is 0 Å². The summed E-state index contributed by atoms with van der Waals surface area (Å²) in [5.41, 5.74) is 0. The average molecular weight is 408 g/mol. The smallest absolute Gasteiger partial charge is 0.550 e. The predicted molar refractivity (Wildman–Crippen MR) is 73.7 cm³/mol. The Morgan fingerprint density at radius 1 is 0.538 bits per heavy atom. The molecule has 0 saturated carbocycles. The van der Waals surface area contributed by atoms with Gasteiger partial charge in [-0.3, -0.25) is 9.59 Å². The zero-order chi connectivity index (χ0) is 20.4. The van der Waals surface area contributed by atoms with E-state index in [0.717, 1.165) is 0 Å². The van der Waals surface area contributed by atoms with E-state index < -0.39 is 43.1 Å². The Balaban J connectivity index is -0.000000138. The maximum atomic E-state index is 10.4. The van der Waals surface area contributed by atoms with Gasteiger partial charge in [0, 0.05) is 56.0 Å². The fourth-order valence-electron chi connectivity index (χ4n) is 1.17. The van der Waals surface area contributed by atoms with Crippen molar-refractivity contribution in [3.05, 3.63) is 0 Å². The number of aliphatic carboxylic acids is 4. The number of Topliss-reactive ketones (excluding diaryl/α,β-unsaturated/α-hetero) is 2. The molecule has 0 aromatic heterocycles. The third-order valence-corrected chi connectivity index (χ3v) is 2.03. The van der Waals surface area contributed by atoms with Crippen LogP contribution in [0.2, 0.25) is 0 Å². The molecule has 0 rings (SSSR count). The van der Waals surface area contributed by atoms with Gasteiger partial charge in [0.2, 0.25) is 0 Å². The van der Waals surface area contributed by atoms with Gasteiger partial charge in [-0.1, -0.05) is 13.8 Å². The van der Waals surface area contributed by atoms with Gasteiger partial charge in [0.25, 0.3) is 0 Å². The molecule has 0 radical (unpaired) electrons. The van der Waals surface area contributed by atoms with E-state index in [1.807, 2.05) is 13.8 Å². The normalized spacial score (nSPS) is 8.38. The fourth-order valence-corrected chi connectivity index (χ4v) is 1.17. The molecule has 0 bridgehead atoms. The van der Waals surface area contributed by atoms with E-state index in [-0.39, 0.29) is 33.3 Å². The molecular weight excluding hydrogens is 388 g/mol. The monoisotopic (exact) mass is 408 g/mol. The first-order chi connectivity index (χ1) is 11.5. The Labute approximate surface area is 165 Å². The van der Waals surface area contributed by atoms with Crippen LogP contribution in [0.4, 0.5) is 0 Å². The quantitative estimate of drug-likeness (QED) is 0.253. The van der Waals surface area contributed by atoms with Gasteiger partial charge in [-0.2, -0.15) is 0 Å². The Hall–Kier alpha value is -2.07. The van der Waals surface area contributed by atoms with Gasteiger partial charge < -0.3 is 39.6 Å². The largest absolute Gasteiger partial charge is 4.00 e. The van der Waals surface area contributed by atoms with E-state index >= 15 is 0 Å². The van der Waals surface area contributed by atoms with Gasteiger partial charge in [0.15, 0.2) is 0 Å². The minimum Gasteiger partial charge on any atom is -0.550 e. The third-order valence-electron chi connectivity index (χ3n) is 2.03. The second-order valence-corrected chi connectivity index (χ2v) is 4.60. The van der Waals surface area contributed by atoms with Crippen LogP contribution in [0, 0.1) is 0 Å². The van der Waals surface area contributed by atoms with Crippen molar-refractivity contribution in [2.75, 3.05) is 0 Å². The first-order valence-electron chi connectivity index (χ1n) is 7.28. The van der Waals surface area contributed by atoms with Crippen LogP contribution in [0.15, 0.2) is 0 Å². The van der Waals surface area contributed by atoms with Crippen molar-refractivity contribution in [3.8, 4) is 0 Å². The number of hydrogen-bond donors (Lipinski definition) is 0. The van der Waals surface area contributed by atoms with Gasteiger partial charge >= 0.3 is 21.7 Å². The van der Waals surface area contributed by atoms with E-state index in [9.17, 15) is 49.2 Å². The molecule has 0 aliphatic carbocycles. The zero-order valence-corrected chi connectivity index (χ0v) is 16.1. The summed E-state index contributed by atoms with van der Waals surface area (Å²) in [7, 11) is 0. The summed E-state index contributed by atoms with van der Waals surface area (Å²) in [6.07, 6.45) is 0.182. The summed E-state index contributed by atoms with van der Waals surface area (Å²) < 4.78 is 0. The molecule has 0 fully saturated rings. The van der Waals surface area contributed by atoms with Gasteiger partial charge in [0.05, 0.1) is 0 Å². The molecule has 0 atom stereocenters. The average Bonchev–Trinajstić information content (AvgIpc) is 2.36. The van der Waals surface area contributed by atoms with Gasteiger partial charge in [-0.05, 0) is 12.8 Å². The molecule has 0 aliphatic rings. The molecule has 0 unspecified atom stereocenters. The van der Waals surface area contributed by atoms with Crippen LogP contribution < -0.4 is 20.4 Å². The summed E-state index contributed by atoms with van der Waals surface area (Å²) in [6.45, 7) is 3.65. The number of carboxylic acids is 4. The second-order valence-electron chi connectivity index (χ2n) is 4.60. The van der Waals surface area contributed by atoms with Crippen LogP contribution >= 0.6 is 0 Å². The van der Waals surface area contributed by atoms with Crippen LogP contribution in [-0.2, 0) is 50.5 Å². The van der Waals surface area contributed by atoms with Crippen molar-refractivity contribution < 1.29 is 70.9 Å². The molecule has 10 nitrogen and oxygen atoms in total. The molecule has 0 aromatic carbocycles. The molecule has 0 saturated heterocycles. The van der Waals surface area contributed by atoms with E-state index in [4.69, 9.17) is 0 Å². The number of rotatable bonds is 10. The topological polar surface area (TPSA) is 195 Å². The molecule has 0 amide bonds. The summed E-state index contributed by atoms with van der Waals surface area (Å²) in [5, 5.41) is 38.1. The Morgan fingerprint density at radius 3 is 0.885 bits per heavy atom. The molecule has 0 N–H and O–H groups in total. The number of carbonyl (C=O) groups excluding carboxylic acids is 6. The van der Waals surface area contributed by atoms with Crippen molar-refractivity contribution in [2.45, 2.75) is 58.8 Å². The Kier molecular flexibility index (Phi) is 25.6. The minimum absolute atomic E-state index is 0. The fraction of sp³-hybridized carbons (Fsp3) is 0.600. The molecule has 0 heterocycles. The molecule has 11 heteroatoms. The SMILES string of the molecule is CCCC(=O)CC(=O)[O-].CCCC(=O)CC(=O)[O-].O=C([O-])CC(=O)[O-].[Ti+4]. The summed E-state index contributed by atoms with van der Waals surface area (Å²) in [6, 6.07) is 0. The molecular formula is C15H20O10Ti. The number of ketones is 2. The minimum atomic E-state index is -1.63. The van der Waals surface area contributed by atoms with Gasteiger partial charge in [-0.15, -0.1) is 0 Å². The van der Waals surface area contributed by atoms with Crippen LogP contribution in [0.1, 0.15) is 58.8 Å². The summed E-state index contributed by atoms with van der Waals surface area (Å²) in [5.74, 6) is -6.32. The van der Waals surface area contributed by atoms with Crippen molar-refractivity contribution in [3.63, 3.8) is 0 Å². The van der Waals surface area contributed by atoms with E-state index in [0.29, 0.717) is 25.7 Å². The first-order valence-corrected chi connectivity index (χ1v) is 7.28. The predicted octanol–water partition coefficient (Wildman–Crippen LogP) is -4.13. The van der Waals surface area contributed by atoms with Crippen molar-refractivity contribution in [1.82, 2.24) is 0 Å². The molecule has 0 spiro atoms. The van der Waals surface area contributed by atoms with Crippen LogP contribution in [0.5, 0.6) is 0 Å². The van der Waals surface area contributed by atoms with Crippen molar-refractivity contribution >= 4 is 35.4 Å². The zero-order valence-electron chi connectivity index (χ0n) is 14.5. The van der Waals surface area contributed by atoms with Crippen molar-refractivity contribution in [2.24, 2.45) is 0 Å². The first kappa shape index (κ1) is 31.7. The number of carbonyl (C=O) groups is 6. The van der Waals surface area contributed by atoms with Crippen LogP contribution in [0.25, 0.3) is 0 Å². The standard InChI is InChI=1S/2C6H10O3.C3H4O4.Ti/c2*1-2-3-5(7)4-6(8)9;4-2(5)1-3(6)7;/h2*2-4H2,1H3,(H,8,9);1H2,(H,4,5)(H,6,7);/q;;;+4/p-4. The maximum absolute atomic E-state index is 10.4.